The summed E-state index contributed by atoms with van der Waals surface area (Å²) in [7, 11) is 0. The Labute approximate surface area is 140 Å². The van der Waals surface area contributed by atoms with E-state index >= 15 is 0 Å². The minimum Gasteiger partial charge on any atom is -0.487 e. The topological polar surface area (TPSA) is 96.8 Å². The van der Waals surface area contributed by atoms with Crippen LogP contribution in [0.2, 0.25) is 0 Å². The van der Waals surface area contributed by atoms with E-state index in [1.807, 2.05) is 30.3 Å². The molecule has 126 valence electrons. The first kappa shape index (κ1) is 16.1. The highest BCUT2D eigenvalue weighted by Crippen LogP contribution is 2.30. The van der Waals surface area contributed by atoms with Crippen LogP contribution >= 0.6 is 0 Å². The van der Waals surface area contributed by atoms with Gasteiger partial charge < -0.3 is 25.7 Å². The van der Waals surface area contributed by atoms with E-state index in [-0.39, 0.29) is 18.3 Å². The van der Waals surface area contributed by atoms with Crippen molar-refractivity contribution < 1.29 is 19.0 Å². The number of anilines is 2. The van der Waals surface area contributed by atoms with Crippen LogP contribution in [-0.4, -0.2) is 25.3 Å². The van der Waals surface area contributed by atoms with Crippen molar-refractivity contribution in [2.45, 2.75) is 19.1 Å². The highest BCUT2D eigenvalue weighted by atomic mass is 16.6. The summed E-state index contributed by atoms with van der Waals surface area (Å²) in [6.07, 6.45) is 0.664. The Bertz CT molecular complexity index is 712. The van der Waals surface area contributed by atoms with Gasteiger partial charge in [-0.05, 0) is 11.6 Å². The second-order valence-electron chi connectivity index (χ2n) is 5.64. The highest BCUT2D eigenvalue weighted by molar-refractivity contribution is 5.95. The second kappa shape index (κ2) is 7.23. The molecule has 1 fully saturated rings. The van der Waals surface area contributed by atoms with Gasteiger partial charge in [0.2, 0.25) is 0 Å². The summed E-state index contributed by atoms with van der Waals surface area (Å²) in [5.41, 5.74) is 13.5. The van der Waals surface area contributed by atoms with Crippen LogP contribution in [0.25, 0.3) is 0 Å². The Balaban J connectivity index is 1.76. The molecule has 1 saturated heterocycles. The molecule has 0 aliphatic carbocycles. The molecule has 0 bridgehead atoms. The first-order valence-corrected chi connectivity index (χ1v) is 7.78. The summed E-state index contributed by atoms with van der Waals surface area (Å²) >= 11 is 0. The number of benzene rings is 2. The molecule has 1 heterocycles. The summed E-state index contributed by atoms with van der Waals surface area (Å²) in [4.78, 5) is 12.4. The van der Waals surface area contributed by atoms with E-state index in [1.54, 1.807) is 6.07 Å². The number of nitrogens with two attached hydrogens (primary N) is 2. The molecule has 1 unspecified atom stereocenters. The van der Waals surface area contributed by atoms with Crippen molar-refractivity contribution in [3.8, 4) is 5.75 Å². The Hall–Kier alpha value is -2.73. The van der Waals surface area contributed by atoms with Gasteiger partial charge in [-0.3, -0.25) is 0 Å². The van der Waals surface area contributed by atoms with E-state index < -0.39 is 5.97 Å². The Morgan fingerprint density at radius 3 is 2.62 bits per heavy atom. The Kier molecular flexibility index (Phi) is 4.86. The SMILES string of the molecule is Nc1cc(OC2CCOC2)c(C(=O)OCc2ccccc2)cc1N. The van der Waals surface area contributed by atoms with Crippen LogP contribution in [0.5, 0.6) is 5.75 Å². The van der Waals surface area contributed by atoms with Crippen molar-refractivity contribution in [2.75, 3.05) is 24.7 Å². The van der Waals surface area contributed by atoms with Crippen molar-refractivity contribution >= 4 is 17.3 Å². The number of esters is 1. The third-order valence-electron chi connectivity index (χ3n) is 3.80. The van der Waals surface area contributed by atoms with E-state index in [0.717, 1.165) is 12.0 Å². The summed E-state index contributed by atoms with van der Waals surface area (Å²) in [5, 5.41) is 0. The van der Waals surface area contributed by atoms with Crippen LogP contribution in [0.1, 0.15) is 22.3 Å². The zero-order valence-corrected chi connectivity index (χ0v) is 13.2. The predicted molar refractivity (Wildman–Crippen MR) is 90.7 cm³/mol. The molecule has 2 aromatic carbocycles. The van der Waals surface area contributed by atoms with Gasteiger partial charge in [0.05, 0.1) is 24.6 Å². The maximum Gasteiger partial charge on any atom is 0.342 e. The number of nitrogen functional groups attached to an aromatic ring is 2. The minimum atomic E-state index is -0.500. The summed E-state index contributed by atoms with van der Waals surface area (Å²) < 4.78 is 16.5. The third kappa shape index (κ3) is 3.78. The lowest BCUT2D eigenvalue weighted by molar-refractivity contribution is 0.0464. The lowest BCUT2D eigenvalue weighted by Gasteiger charge is -2.16. The maximum atomic E-state index is 12.4. The van der Waals surface area contributed by atoms with Gasteiger partial charge in [-0.25, -0.2) is 4.79 Å². The van der Waals surface area contributed by atoms with E-state index in [4.69, 9.17) is 25.7 Å². The molecule has 24 heavy (non-hydrogen) atoms. The zero-order valence-electron chi connectivity index (χ0n) is 13.2. The molecule has 4 N–H and O–H groups in total. The summed E-state index contributed by atoms with van der Waals surface area (Å²) in [6, 6.07) is 12.5. The molecule has 0 radical (unpaired) electrons. The molecule has 2 aromatic rings. The molecular weight excluding hydrogens is 308 g/mol. The molecule has 6 heteroatoms. The van der Waals surface area contributed by atoms with Crippen LogP contribution in [0.3, 0.4) is 0 Å². The number of hydrogen-bond acceptors (Lipinski definition) is 6. The molecule has 1 aliphatic rings. The average molecular weight is 328 g/mol. The van der Waals surface area contributed by atoms with Crippen molar-refractivity contribution in [2.24, 2.45) is 0 Å². The van der Waals surface area contributed by atoms with Crippen molar-refractivity contribution in [1.29, 1.82) is 0 Å². The number of carbonyl (C=O) groups excluding carboxylic acids is 1. The number of hydrogen-bond donors (Lipinski definition) is 2. The molecule has 1 aliphatic heterocycles. The predicted octanol–water partition coefficient (Wildman–Crippen LogP) is 2.38. The van der Waals surface area contributed by atoms with Crippen LogP contribution in [0, 0.1) is 0 Å². The molecule has 0 aromatic heterocycles. The van der Waals surface area contributed by atoms with Gasteiger partial charge in [0.15, 0.2) is 0 Å². The normalized spacial score (nSPS) is 16.8. The highest BCUT2D eigenvalue weighted by Gasteiger charge is 2.22. The molecule has 3 rings (SSSR count). The van der Waals surface area contributed by atoms with E-state index in [0.29, 0.717) is 30.3 Å². The fourth-order valence-electron chi connectivity index (χ4n) is 2.46. The van der Waals surface area contributed by atoms with Crippen molar-refractivity contribution in [1.82, 2.24) is 0 Å². The minimum absolute atomic E-state index is 0.103. The quantitative estimate of drug-likeness (QED) is 0.646. The van der Waals surface area contributed by atoms with Crippen LogP contribution in [-0.2, 0) is 16.1 Å². The largest absolute Gasteiger partial charge is 0.487 e. The molecule has 6 nitrogen and oxygen atoms in total. The van der Waals surface area contributed by atoms with Gasteiger partial charge in [0, 0.05) is 12.5 Å². The standard InChI is InChI=1S/C18H20N2O4/c19-15-8-14(18(21)23-10-12-4-2-1-3-5-12)17(9-16(15)20)24-13-6-7-22-11-13/h1-5,8-9,13H,6-7,10-11,19-20H2. The lowest BCUT2D eigenvalue weighted by Crippen LogP contribution is -2.18. The average Bonchev–Trinajstić information content (AvgIpc) is 3.10. The van der Waals surface area contributed by atoms with Crippen LogP contribution in [0.4, 0.5) is 11.4 Å². The smallest absolute Gasteiger partial charge is 0.342 e. The second-order valence-corrected chi connectivity index (χ2v) is 5.64. The summed E-state index contributed by atoms with van der Waals surface area (Å²) in [6.45, 7) is 1.31. The van der Waals surface area contributed by atoms with Crippen molar-refractivity contribution in [3.63, 3.8) is 0 Å². The fourth-order valence-corrected chi connectivity index (χ4v) is 2.46. The first-order valence-electron chi connectivity index (χ1n) is 7.78. The molecule has 0 saturated carbocycles. The van der Waals surface area contributed by atoms with E-state index in [2.05, 4.69) is 0 Å². The molecule has 1 atom stereocenters. The van der Waals surface area contributed by atoms with Gasteiger partial charge in [-0.15, -0.1) is 0 Å². The molecule has 0 spiro atoms. The van der Waals surface area contributed by atoms with Crippen LogP contribution in [0.15, 0.2) is 42.5 Å². The van der Waals surface area contributed by atoms with Crippen LogP contribution < -0.4 is 16.2 Å². The number of carbonyl (C=O) groups is 1. The third-order valence-corrected chi connectivity index (χ3v) is 3.80. The van der Waals surface area contributed by atoms with Gasteiger partial charge in [-0.1, -0.05) is 30.3 Å². The Morgan fingerprint density at radius 2 is 1.92 bits per heavy atom. The van der Waals surface area contributed by atoms with E-state index in [9.17, 15) is 4.79 Å². The number of rotatable bonds is 5. The number of ether oxygens (including phenoxy) is 3. The van der Waals surface area contributed by atoms with Gasteiger partial charge in [-0.2, -0.15) is 0 Å². The molecular formula is C18H20N2O4. The van der Waals surface area contributed by atoms with E-state index in [1.165, 1.54) is 6.07 Å². The monoisotopic (exact) mass is 328 g/mol. The Morgan fingerprint density at radius 1 is 1.17 bits per heavy atom. The zero-order chi connectivity index (χ0) is 16.9. The fraction of sp³-hybridized carbons (Fsp3) is 0.278. The lowest BCUT2D eigenvalue weighted by atomic mass is 10.1. The van der Waals surface area contributed by atoms with Gasteiger partial charge in [0.1, 0.15) is 24.0 Å². The molecule has 0 amide bonds. The van der Waals surface area contributed by atoms with Gasteiger partial charge in [0.25, 0.3) is 0 Å². The van der Waals surface area contributed by atoms with Gasteiger partial charge >= 0.3 is 5.97 Å². The van der Waals surface area contributed by atoms with Crippen molar-refractivity contribution in [3.05, 3.63) is 53.6 Å². The summed E-state index contributed by atoms with van der Waals surface area (Å²) in [5.74, 6) is -0.130. The first-order chi connectivity index (χ1) is 11.6. The maximum absolute atomic E-state index is 12.4.